The molecular formula is C6H14N2O2. The summed E-state index contributed by atoms with van der Waals surface area (Å²) >= 11 is 0. The first kappa shape index (κ1) is 9.23. The molecule has 0 aliphatic heterocycles. The fraction of sp³-hybridized carbons (Fsp3) is 0.833. The fourth-order valence-electron chi connectivity index (χ4n) is 0.434. The van der Waals surface area contributed by atoms with Crippen LogP contribution in [0.5, 0.6) is 0 Å². The van der Waals surface area contributed by atoms with Crippen LogP contribution in [0.2, 0.25) is 0 Å². The van der Waals surface area contributed by atoms with Gasteiger partial charge in [-0.1, -0.05) is 0 Å². The summed E-state index contributed by atoms with van der Waals surface area (Å²) in [5.41, 5.74) is 5.26. The molecule has 1 amide bonds. The minimum absolute atomic E-state index is 0.0984. The van der Waals surface area contributed by atoms with Gasteiger partial charge in [0.15, 0.2) is 0 Å². The Morgan fingerprint density at radius 1 is 1.50 bits per heavy atom. The lowest BCUT2D eigenvalue weighted by Gasteiger charge is -2.11. The van der Waals surface area contributed by atoms with Crippen LogP contribution >= 0.6 is 0 Å². The third kappa shape index (κ3) is 5.37. The Morgan fingerprint density at radius 3 is 2.30 bits per heavy atom. The predicted octanol–water partition coefficient (Wildman–Crippen LogP) is 0.426. The molecule has 0 spiro atoms. The second-order valence-corrected chi connectivity index (χ2v) is 2.39. The van der Waals surface area contributed by atoms with E-state index in [0.717, 1.165) is 0 Å². The average molecular weight is 146 g/mol. The molecule has 0 rings (SSSR count). The highest BCUT2D eigenvalue weighted by molar-refractivity contribution is 5.67. The molecule has 1 atom stereocenters. The monoisotopic (exact) mass is 146 g/mol. The number of nitrogens with two attached hydrogens (primary N) is 1. The normalized spacial score (nSPS) is 12.9. The van der Waals surface area contributed by atoms with Crippen LogP contribution in [-0.2, 0) is 4.74 Å². The van der Waals surface area contributed by atoms with E-state index in [0.29, 0.717) is 0 Å². The maximum absolute atomic E-state index is 10.7. The fourth-order valence-corrected chi connectivity index (χ4v) is 0.434. The summed E-state index contributed by atoms with van der Waals surface area (Å²) in [4.78, 5) is 10.7. The topological polar surface area (TPSA) is 64.3 Å². The van der Waals surface area contributed by atoms with E-state index in [-0.39, 0.29) is 12.3 Å². The lowest BCUT2D eigenvalue weighted by Crippen LogP contribution is -2.40. The van der Waals surface area contributed by atoms with E-state index in [9.17, 15) is 4.79 Å². The molecule has 0 aliphatic rings. The van der Waals surface area contributed by atoms with Gasteiger partial charge < -0.3 is 15.8 Å². The van der Waals surface area contributed by atoms with Crippen molar-refractivity contribution in [1.82, 2.24) is 5.32 Å². The molecule has 0 saturated carbocycles. The molecule has 0 aliphatic carbocycles. The largest absolute Gasteiger partial charge is 0.447 e. The third-order valence-electron chi connectivity index (χ3n) is 0.688. The van der Waals surface area contributed by atoms with Gasteiger partial charge in [0.25, 0.3) is 0 Å². The van der Waals surface area contributed by atoms with Crippen molar-refractivity contribution in [3.05, 3.63) is 0 Å². The van der Waals surface area contributed by atoms with Crippen LogP contribution in [0, 0.1) is 0 Å². The number of hydrogen-bond acceptors (Lipinski definition) is 3. The summed E-state index contributed by atoms with van der Waals surface area (Å²) in [5.74, 6) is 0. The van der Waals surface area contributed by atoms with Gasteiger partial charge in [-0.2, -0.15) is 0 Å². The minimum atomic E-state index is -0.468. The van der Waals surface area contributed by atoms with Crippen LogP contribution in [0.1, 0.15) is 20.8 Å². The van der Waals surface area contributed by atoms with Gasteiger partial charge in [-0.3, -0.25) is 0 Å². The molecule has 60 valence electrons. The predicted molar refractivity (Wildman–Crippen MR) is 38.4 cm³/mol. The Hall–Kier alpha value is -0.770. The van der Waals surface area contributed by atoms with Crippen molar-refractivity contribution in [2.45, 2.75) is 33.0 Å². The Kier molecular flexibility index (Phi) is 3.79. The van der Waals surface area contributed by atoms with E-state index >= 15 is 0 Å². The first-order valence-electron chi connectivity index (χ1n) is 3.25. The highest BCUT2D eigenvalue weighted by Crippen LogP contribution is 1.87. The molecule has 0 aromatic heterocycles. The van der Waals surface area contributed by atoms with E-state index in [4.69, 9.17) is 10.5 Å². The van der Waals surface area contributed by atoms with Gasteiger partial charge in [0, 0.05) is 0 Å². The van der Waals surface area contributed by atoms with E-state index < -0.39 is 6.09 Å². The Morgan fingerprint density at radius 2 is 2.00 bits per heavy atom. The van der Waals surface area contributed by atoms with Crippen molar-refractivity contribution >= 4 is 6.09 Å². The standard InChI is InChI=1S/C6H14N2O2/c1-4(2)10-6(9)8-5(3)7/h4-5H,7H2,1-3H3,(H,8,9). The van der Waals surface area contributed by atoms with Crippen molar-refractivity contribution in [2.24, 2.45) is 5.73 Å². The lowest BCUT2D eigenvalue weighted by atomic mass is 10.5. The van der Waals surface area contributed by atoms with Crippen LogP contribution in [0.3, 0.4) is 0 Å². The van der Waals surface area contributed by atoms with Crippen molar-refractivity contribution in [3.8, 4) is 0 Å². The van der Waals surface area contributed by atoms with Crippen molar-refractivity contribution < 1.29 is 9.53 Å². The molecule has 0 heterocycles. The van der Waals surface area contributed by atoms with Gasteiger partial charge in [-0.15, -0.1) is 0 Å². The summed E-state index contributed by atoms with van der Waals surface area (Å²) in [6, 6.07) is 0. The van der Waals surface area contributed by atoms with Crippen LogP contribution in [0.4, 0.5) is 4.79 Å². The minimum Gasteiger partial charge on any atom is -0.447 e. The van der Waals surface area contributed by atoms with Gasteiger partial charge in [0.05, 0.1) is 12.3 Å². The number of hydrogen-bond donors (Lipinski definition) is 2. The Labute approximate surface area is 60.7 Å². The average Bonchev–Trinajstić information content (AvgIpc) is 1.58. The van der Waals surface area contributed by atoms with Gasteiger partial charge >= 0.3 is 6.09 Å². The zero-order chi connectivity index (χ0) is 8.15. The molecule has 0 radical (unpaired) electrons. The molecule has 0 bridgehead atoms. The summed E-state index contributed by atoms with van der Waals surface area (Å²) < 4.78 is 4.73. The van der Waals surface area contributed by atoms with Gasteiger partial charge in [-0.05, 0) is 20.8 Å². The molecule has 4 nitrogen and oxygen atoms in total. The second kappa shape index (κ2) is 4.11. The van der Waals surface area contributed by atoms with Crippen LogP contribution in [0.15, 0.2) is 0 Å². The van der Waals surface area contributed by atoms with E-state index in [1.54, 1.807) is 20.8 Å². The van der Waals surface area contributed by atoms with Gasteiger partial charge in [0.2, 0.25) is 0 Å². The summed E-state index contributed by atoms with van der Waals surface area (Å²) in [7, 11) is 0. The zero-order valence-electron chi connectivity index (χ0n) is 6.55. The van der Waals surface area contributed by atoms with Gasteiger partial charge in [0.1, 0.15) is 0 Å². The maximum Gasteiger partial charge on any atom is 0.408 e. The maximum atomic E-state index is 10.7. The number of alkyl carbamates (subject to hydrolysis) is 1. The smallest absolute Gasteiger partial charge is 0.408 e. The summed E-state index contributed by atoms with van der Waals surface area (Å²) in [6.07, 6.45) is -0.921. The van der Waals surface area contributed by atoms with E-state index in [2.05, 4.69) is 5.32 Å². The third-order valence-corrected chi connectivity index (χ3v) is 0.688. The molecule has 4 heteroatoms. The molecule has 0 fully saturated rings. The van der Waals surface area contributed by atoms with Crippen molar-refractivity contribution in [1.29, 1.82) is 0 Å². The highest BCUT2D eigenvalue weighted by atomic mass is 16.6. The van der Waals surface area contributed by atoms with Crippen molar-refractivity contribution in [2.75, 3.05) is 0 Å². The van der Waals surface area contributed by atoms with Crippen molar-refractivity contribution in [3.63, 3.8) is 0 Å². The molecular weight excluding hydrogens is 132 g/mol. The highest BCUT2D eigenvalue weighted by Gasteiger charge is 2.04. The first-order chi connectivity index (χ1) is 4.52. The molecule has 10 heavy (non-hydrogen) atoms. The second-order valence-electron chi connectivity index (χ2n) is 2.39. The SMILES string of the molecule is CC(N)NC(=O)OC(C)C. The number of carbonyl (C=O) groups is 1. The first-order valence-corrected chi connectivity index (χ1v) is 3.25. The molecule has 1 unspecified atom stereocenters. The number of ether oxygens (including phenoxy) is 1. The Bertz CT molecular complexity index is 100. The van der Waals surface area contributed by atoms with Crippen LogP contribution < -0.4 is 11.1 Å². The molecule has 0 saturated heterocycles. The molecule has 3 N–H and O–H groups in total. The molecule has 0 aromatic rings. The van der Waals surface area contributed by atoms with Crippen LogP contribution in [-0.4, -0.2) is 18.4 Å². The number of rotatable bonds is 2. The zero-order valence-corrected chi connectivity index (χ0v) is 6.55. The number of amides is 1. The number of nitrogens with one attached hydrogen (secondary N) is 1. The Balaban J connectivity index is 3.44. The lowest BCUT2D eigenvalue weighted by molar-refractivity contribution is 0.113. The van der Waals surface area contributed by atoms with Gasteiger partial charge in [-0.25, -0.2) is 4.79 Å². The van der Waals surface area contributed by atoms with E-state index in [1.165, 1.54) is 0 Å². The quantitative estimate of drug-likeness (QED) is 0.555. The van der Waals surface area contributed by atoms with E-state index in [1.807, 2.05) is 0 Å². The summed E-state index contributed by atoms with van der Waals surface area (Å²) in [5, 5.41) is 2.39. The number of carbonyl (C=O) groups excluding carboxylic acids is 1. The van der Waals surface area contributed by atoms with Crippen LogP contribution in [0.25, 0.3) is 0 Å². The molecule has 0 aromatic carbocycles. The summed E-state index contributed by atoms with van der Waals surface area (Å²) in [6.45, 7) is 5.23.